The van der Waals surface area contributed by atoms with Gasteiger partial charge in [0.15, 0.2) is 5.78 Å². The van der Waals surface area contributed by atoms with Gasteiger partial charge in [-0.25, -0.2) is 4.39 Å². The summed E-state index contributed by atoms with van der Waals surface area (Å²) >= 11 is 0. The number of halogens is 1. The Balaban J connectivity index is 3.22. The Bertz CT molecular complexity index is 516. The number of ketones is 1. The van der Waals surface area contributed by atoms with E-state index >= 15 is 0 Å². The first-order chi connectivity index (χ1) is 9.73. The van der Waals surface area contributed by atoms with Gasteiger partial charge in [0.05, 0.1) is 0 Å². The minimum absolute atomic E-state index is 0.0492. The van der Waals surface area contributed by atoms with Crippen molar-refractivity contribution in [2.75, 3.05) is 0 Å². The molecule has 0 saturated heterocycles. The van der Waals surface area contributed by atoms with E-state index in [1.54, 1.807) is 13.8 Å². The van der Waals surface area contributed by atoms with E-state index in [0.717, 1.165) is 28.7 Å². The minimum Gasteiger partial charge on any atom is -0.295 e. The number of rotatable bonds is 7. The van der Waals surface area contributed by atoms with Gasteiger partial charge in [0, 0.05) is 12.0 Å². The van der Waals surface area contributed by atoms with E-state index in [4.69, 9.17) is 0 Å². The van der Waals surface area contributed by atoms with Crippen molar-refractivity contribution >= 4 is 5.78 Å². The first-order valence-electron chi connectivity index (χ1n) is 7.66. The summed E-state index contributed by atoms with van der Waals surface area (Å²) in [5.74, 6) is 0.648. The molecule has 0 N–H and O–H groups in total. The number of hydrogen-bond acceptors (Lipinski definition) is 1. The molecule has 0 radical (unpaired) electrons. The molecule has 1 aromatic carbocycles. The highest BCUT2D eigenvalue weighted by Crippen LogP contribution is 2.32. The zero-order chi connectivity index (χ0) is 16.2. The standard InChI is InChI=1S/C19H27FO/c1-12(2)13(3)10-14(4)19-17(11-15(5)20)8-7-9-18(19)16(6)21/h7-9,13-15H,1,10-11H2,2-6H3. The molecular weight excluding hydrogens is 263 g/mol. The Kier molecular flexibility index (Phi) is 6.32. The quantitative estimate of drug-likeness (QED) is 0.479. The van der Waals surface area contributed by atoms with Crippen LogP contribution in [0.3, 0.4) is 0 Å². The molecule has 116 valence electrons. The summed E-state index contributed by atoms with van der Waals surface area (Å²) in [5.41, 5.74) is 3.85. The predicted octanol–water partition coefficient (Wildman–Crippen LogP) is 5.50. The molecule has 0 amide bonds. The molecule has 1 rings (SSSR count). The fourth-order valence-electron chi connectivity index (χ4n) is 2.83. The molecule has 0 spiro atoms. The second kappa shape index (κ2) is 7.53. The number of Topliss-reactive ketones (excluding diaryl/α,β-unsaturated/α-hetero) is 1. The van der Waals surface area contributed by atoms with E-state index in [0.29, 0.717) is 12.3 Å². The average molecular weight is 290 g/mol. The van der Waals surface area contributed by atoms with E-state index < -0.39 is 6.17 Å². The largest absolute Gasteiger partial charge is 0.295 e. The average Bonchev–Trinajstić information content (AvgIpc) is 2.37. The van der Waals surface area contributed by atoms with Crippen LogP contribution in [0.4, 0.5) is 4.39 Å². The Morgan fingerprint density at radius 1 is 1.24 bits per heavy atom. The Hall–Kier alpha value is -1.44. The van der Waals surface area contributed by atoms with Crippen LogP contribution in [-0.4, -0.2) is 12.0 Å². The maximum absolute atomic E-state index is 13.5. The SMILES string of the molecule is C=C(C)C(C)CC(C)c1c(CC(C)F)cccc1C(C)=O. The van der Waals surface area contributed by atoms with Crippen molar-refractivity contribution in [1.82, 2.24) is 0 Å². The number of alkyl halides is 1. The first kappa shape index (κ1) is 17.6. The summed E-state index contributed by atoms with van der Waals surface area (Å²) in [7, 11) is 0. The van der Waals surface area contributed by atoms with Gasteiger partial charge in [-0.15, -0.1) is 0 Å². The second-order valence-electron chi connectivity index (χ2n) is 6.30. The Morgan fingerprint density at radius 2 is 1.86 bits per heavy atom. The molecule has 0 aliphatic rings. The van der Waals surface area contributed by atoms with E-state index in [1.807, 2.05) is 25.1 Å². The molecule has 0 bridgehead atoms. The molecule has 3 atom stereocenters. The summed E-state index contributed by atoms with van der Waals surface area (Å²) in [6.07, 6.45) is 0.381. The molecule has 1 nitrogen and oxygen atoms in total. The lowest BCUT2D eigenvalue weighted by atomic mass is 9.82. The van der Waals surface area contributed by atoms with Gasteiger partial charge in [-0.05, 0) is 50.2 Å². The topological polar surface area (TPSA) is 17.1 Å². The predicted molar refractivity (Wildman–Crippen MR) is 87.7 cm³/mol. The van der Waals surface area contributed by atoms with Gasteiger partial charge in [0.2, 0.25) is 0 Å². The van der Waals surface area contributed by atoms with E-state index in [-0.39, 0.29) is 11.7 Å². The number of carbonyl (C=O) groups is 1. The third-order valence-electron chi connectivity index (χ3n) is 4.12. The van der Waals surface area contributed by atoms with Crippen LogP contribution in [0, 0.1) is 5.92 Å². The monoisotopic (exact) mass is 290 g/mol. The zero-order valence-electron chi connectivity index (χ0n) is 13.9. The van der Waals surface area contributed by atoms with Gasteiger partial charge >= 0.3 is 0 Å². The molecule has 3 unspecified atom stereocenters. The van der Waals surface area contributed by atoms with Crippen molar-refractivity contribution in [3.05, 3.63) is 47.0 Å². The van der Waals surface area contributed by atoms with Crippen molar-refractivity contribution in [2.45, 2.75) is 59.5 Å². The molecule has 1 aromatic rings. The molecular formula is C19H27FO. The molecule has 0 heterocycles. The van der Waals surface area contributed by atoms with Gasteiger partial charge in [0.25, 0.3) is 0 Å². The van der Waals surface area contributed by atoms with Gasteiger partial charge < -0.3 is 0 Å². The lowest BCUT2D eigenvalue weighted by Crippen LogP contribution is -2.12. The number of hydrogen-bond donors (Lipinski definition) is 0. The number of benzene rings is 1. The zero-order valence-corrected chi connectivity index (χ0v) is 13.9. The van der Waals surface area contributed by atoms with Crippen LogP contribution in [0.25, 0.3) is 0 Å². The van der Waals surface area contributed by atoms with Crippen molar-refractivity contribution in [3.63, 3.8) is 0 Å². The molecule has 0 aromatic heterocycles. The van der Waals surface area contributed by atoms with Crippen molar-refractivity contribution in [2.24, 2.45) is 5.92 Å². The van der Waals surface area contributed by atoms with Crippen LogP contribution >= 0.6 is 0 Å². The third-order valence-corrected chi connectivity index (χ3v) is 4.12. The third kappa shape index (κ3) is 4.80. The minimum atomic E-state index is -0.906. The lowest BCUT2D eigenvalue weighted by Gasteiger charge is -2.23. The molecule has 0 saturated carbocycles. The van der Waals surface area contributed by atoms with Gasteiger partial charge in [-0.1, -0.05) is 44.2 Å². The first-order valence-corrected chi connectivity index (χ1v) is 7.66. The molecule has 21 heavy (non-hydrogen) atoms. The smallest absolute Gasteiger partial charge is 0.160 e. The normalized spacial score (nSPS) is 15.3. The molecule has 0 aliphatic carbocycles. The lowest BCUT2D eigenvalue weighted by molar-refractivity contribution is 0.101. The van der Waals surface area contributed by atoms with Crippen LogP contribution in [0.2, 0.25) is 0 Å². The van der Waals surface area contributed by atoms with E-state index in [2.05, 4.69) is 20.4 Å². The van der Waals surface area contributed by atoms with Gasteiger partial charge in [-0.3, -0.25) is 4.79 Å². The van der Waals surface area contributed by atoms with Crippen molar-refractivity contribution in [1.29, 1.82) is 0 Å². The van der Waals surface area contributed by atoms with Crippen LogP contribution in [0.1, 0.15) is 68.4 Å². The van der Waals surface area contributed by atoms with Gasteiger partial charge in [0.1, 0.15) is 6.17 Å². The van der Waals surface area contributed by atoms with Crippen molar-refractivity contribution in [3.8, 4) is 0 Å². The molecule has 0 aliphatic heterocycles. The summed E-state index contributed by atoms with van der Waals surface area (Å²) in [5, 5.41) is 0. The highest BCUT2D eigenvalue weighted by molar-refractivity contribution is 5.96. The van der Waals surface area contributed by atoms with Crippen LogP contribution in [0.15, 0.2) is 30.4 Å². The summed E-state index contributed by atoms with van der Waals surface area (Å²) in [6.45, 7) is 13.4. The highest BCUT2D eigenvalue weighted by Gasteiger charge is 2.20. The number of allylic oxidation sites excluding steroid dienone is 1. The molecule has 2 heteroatoms. The summed E-state index contributed by atoms with van der Waals surface area (Å²) in [4.78, 5) is 11.9. The van der Waals surface area contributed by atoms with Crippen LogP contribution in [-0.2, 0) is 6.42 Å². The highest BCUT2D eigenvalue weighted by atomic mass is 19.1. The fourth-order valence-corrected chi connectivity index (χ4v) is 2.83. The maximum Gasteiger partial charge on any atom is 0.160 e. The van der Waals surface area contributed by atoms with Gasteiger partial charge in [-0.2, -0.15) is 0 Å². The Morgan fingerprint density at radius 3 is 2.33 bits per heavy atom. The van der Waals surface area contributed by atoms with Crippen LogP contribution in [0.5, 0.6) is 0 Å². The van der Waals surface area contributed by atoms with Crippen molar-refractivity contribution < 1.29 is 9.18 Å². The molecule has 0 fully saturated rings. The van der Waals surface area contributed by atoms with E-state index in [9.17, 15) is 9.18 Å². The fraction of sp³-hybridized carbons (Fsp3) is 0.526. The second-order valence-corrected chi connectivity index (χ2v) is 6.30. The summed E-state index contributed by atoms with van der Waals surface area (Å²) < 4.78 is 13.5. The number of carbonyl (C=O) groups excluding carboxylic acids is 1. The van der Waals surface area contributed by atoms with E-state index in [1.165, 1.54) is 0 Å². The Labute approximate surface area is 128 Å². The maximum atomic E-state index is 13.5. The summed E-state index contributed by atoms with van der Waals surface area (Å²) in [6, 6.07) is 5.65. The van der Waals surface area contributed by atoms with Crippen LogP contribution < -0.4 is 0 Å².